The molecule has 2 N–H and O–H groups in total. The van der Waals surface area contributed by atoms with E-state index in [1.807, 2.05) is 4.90 Å². The van der Waals surface area contributed by atoms with Crippen molar-refractivity contribution in [2.75, 3.05) is 19.6 Å². The fraction of sp³-hybridized carbons (Fsp3) is 0.880. The molecule has 2 heterocycles. The third-order valence-corrected chi connectivity index (χ3v) is 8.50. The van der Waals surface area contributed by atoms with Crippen molar-refractivity contribution >= 4 is 17.8 Å². The molecule has 0 aromatic heterocycles. The summed E-state index contributed by atoms with van der Waals surface area (Å²) in [5.41, 5.74) is -0.553. The summed E-state index contributed by atoms with van der Waals surface area (Å²) in [5.74, 6) is 2.29. The molecular formula is C25H42N4O2. The van der Waals surface area contributed by atoms with Gasteiger partial charge in [-0.05, 0) is 43.4 Å². The second-order valence-electron chi connectivity index (χ2n) is 10.8. The fourth-order valence-electron chi connectivity index (χ4n) is 6.71. The van der Waals surface area contributed by atoms with Crippen LogP contribution in [0.3, 0.4) is 0 Å². The van der Waals surface area contributed by atoms with Crippen LogP contribution in [0.4, 0.5) is 0 Å². The third-order valence-electron chi connectivity index (χ3n) is 8.50. The van der Waals surface area contributed by atoms with Gasteiger partial charge in [0.25, 0.3) is 5.91 Å². The summed E-state index contributed by atoms with van der Waals surface area (Å²) >= 11 is 0. The summed E-state index contributed by atoms with van der Waals surface area (Å²) in [6, 6.07) is 0. The predicted molar refractivity (Wildman–Crippen MR) is 123 cm³/mol. The number of nitrogens with one attached hydrogen (secondary N) is 2. The van der Waals surface area contributed by atoms with Crippen LogP contribution >= 0.6 is 0 Å². The molecule has 4 aliphatic rings. The smallest absolute Gasteiger partial charge is 0.255 e. The predicted octanol–water partition coefficient (Wildman–Crippen LogP) is 4.29. The summed E-state index contributed by atoms with van der Waals surface area (Å²) in [6.45, 7) is 3.87. The molecule has 2 amide bonds. The Morgan fingerprint density at radius 3 is 2.06 bits per heavy atom. The molecule has 2 aliphatic carbocycles. The number of carbonyl (C=O) groups is 2. The first kappa shape index (κ1) is 22.6. The van der Waals surface area contributed by atoms with Crippen LogP contribution in [-0.2, 0) is 9.59 Å². The highest BCUT2D eigenvalue weighted by Gasteiger charge is 2.51. The third kappa shape index (κ3) is 5.25. The molecule has 6 nitrogen and oxygen atoms in total. The highest BCUT2D eigenvalue weighted by atomic mass is 16.2. The Kier molecular flexibility index (Phi) is 7.22. The Hall–Kier alpha value is -1.59. The molecule has 1 unspecified atom stereocenters. The maximum Gasteiger partial charge on any atom is 0.255 e. The first-order chi connectivity index (χ1) is 15.0. The van der Waals surface area contributed by atoms with Crippen molar-refractivity contribution in [3.05, 3.63) is 0 Å². The fourth-order valence-corrected chi connectivity index (χ4v) is 6.71. The van der Waals surface area contributed by atoms with Crippen molar-refractivity contribution in [3.8, 4) is 0 Å². The van der Waals surface area contributed by atoms with Crippen LogP contribution in [0.15, 0.2) is 0 Å². The molecule has 4 fully saturated rings. The van der Waals surface area contributed by atoms with Gasteiger partial charge in [-0.3, -0.25) is 19.9 Å². The van der Waals surface area contributed by atoms with Gasteiger partial charge in [0.2, 0.25) is 5.91 Å². The average molecular weight is 431 g/mol. The van der Waals surface area contributed by atoms with E-state index in [-0.39, 0.29) is 11.8 Å². The molecule has 6 heteroatoms. The molecule has 0 aromatic rings. The van der Waals surface area contributed by atoms with Gasteiger partial charge in [0, 0.05) is 26.6 Å². The second kappa shape index (κ2) is 9.91. The van der Waals surface area contributed by atoms with Crippen molar-refractivity contribution < 1.29 is 9.59 Å². The van der Waals surface area contributed by atoms with E-state index in [4.69, 9.17) is 5.41 Å². The zero-order chi connectivity index (χ0) is 21.8. The van der Waals surface area contributed by atoms with Crippen molar-refractivity contribution in [2.24, 2.45) is 17.8 Å². The van der Waals surface area contributed by atoms with Gasteiger partial charge in [0.1, 0.15) is 5.54 Å². The Morgan fingerprint density at radius 1 is 0.968 bits per heavy atom. The van der Waals surface area contributed by atoms with Crippen molar-refractivity contribution in [3.63, 3.8) is 0 Å². The lowest BCUT2D eigenvalue weighted by molar-refractivity contribution is -0.133. The maximum atomic E-state index is 13.8. The van der Waals surface area contributed by atoms with Crippen LogP contribution in [0, 0.1) is 23.2 Å². The SMILES string of the molecule is CC(=O)N1CCC(CCN2C(=N)NC(CC3CCCCC3)(CC3CCCCC3)C2=O)C1. The van der Waals surface area contributed by atoms with Crippen molar-refractivity contribution in [1.82, 2.24) is 15.1 Å². The minimum absolute atomic E-state index is 0.146. The van der Waals surface area contributed by atoms with Crippen LogP contribution in [0.5, 0.6) is 0 Å². The standard InChI is InChI=1S/C25H42N4O2/c1-19(30)28-14-12-22(18-28)13-15-29-23(31)25(27-24(29)26,16-20-8-4-2-5-9-20)17-21-10-6-3-7-11-21/h20-22H,2-18H2,1H3,(H2,26,27). The zero-order valence-corrected chi connectivity index (χ0v) is 19.5. The minimum Gasteiger partial charge on any atom is -0.343 e. The van der Waals surface area contributed by atoms with Crippen molar-refractivity contribution in [1.29, 1.82) is 5.41 Å². The summed E-state index contributed by atoms with van der Waals surface area (Å²) in [4.78, 5) is 29.1. The number of carbonyl (C=O) groups excluding carboxylic acids is 2. The van der Waals surface area contributed by atoms with E-state index in [1.165, 1.54) is 64.2 Å². The Morgan fingerprint density at radius 2 is 1.55 bits per heavy atom. The van der Waals surface area contributed by atoms with Crippen LogP contribution in [-0.4, -0.2) is 52.7 Å². The van der Waals surface area contributed by atoms with Gasteiger partial charge in [-0.15, -0.1) is 0 Å². The average Bonchev–Trinajstić information content (AvgIpc) is 3.32. The summed E-state index contributed by atoms with van der Waals surface area (Å²) < 4.78 is 0. The topological polar surface area (TPSA) is 76.5 Å². The molecule has 0 aromatic carbocycles. The molecule has 0 radical (unpaired) electrons. The number of rotatable bonds is 7. The molecule has 2 aliphatic heterocycles. The van der Waals surface area contributed by atoms with E-state index in [9.17, 15) is 9.59 Å². The van der Waals surface area contributed by atoms with E-state index in [0.717, 1.165) is 38.8 Å². The lowest BCUT2D eigenvalue weighted by atomic mass is 9.73. The highest BCUT2D eigenvalue weighted by Crippen LogP contribution is 2.40. The Balaban J connectivity index is 1.42. The van der Waals surface area contributed by atoms with Gasteiger partial charge in [0.05, 0.1) is 0 Å². The lowest BCUT2D eigenvalue weighted by Crippen LogP contribution is -2.50. The highest BCUT2D eigenvalue weighted by molar-refractivity contribution is 6.07. The molecule has 174 valence electrons. The number of guanidine groups is 1. The van der Waals surface area contributed by atoms with Gasteiger partial charge >= 0.3 is 0 Å². The number of hydrogen-bond acceptors (Lipinski definition) is 3. The summed E-state index contributed by atoms with van der Waals surface area (Å²) in [6.07, 6.45) is 16.4. The maximum absolute atomic E-state index is 13.8. The van der Waals surface area contributed by atoms with E-state index in [0.29, 0.717) is 30.3 Å². The molecule has 2 saturated heterocycles. The van der Waals surface area contributed by atoms with Gasteiger partial charge in [-0.1, -0.05) is 64.2 Å². The molecule has 2 saturated carbocycles. The van der Waals surface area contributed by atoms with E-state index >= 15 is 0 Å². The van der Waals surface area contributed by atoms with Gasteiger partial charge in [-0.2, -0.15) is 0 Å². The number of hydrogen-bond donors (Lipinski definition) is 2. The number of nitrogens with zero attached hydrogens (tertiary/aromatic N) is 2. The van der Waals surface area contributed by atoms with Gasteiger partial charge in [-0.25, -0.2) is 0 Å². The van der Waals surface area contributed by atoms with Crippen molar-refractivity contribution in [2.45, 2.75) is 102 Å². The van der Waals surface area contributed by atoms with E-state index in [2.05, 4.69) is 5.32 Å². The van der Waals surface area contributed by atoms with Crippen LogP contribution in [0.25, 0.3) is 0 Å². The summed E-state index contributed by atoms with van der Waals surface area (Å²) in [5, 5.41) is 12.1. The number of amides is 2. The lowest BCUT2D eigenvalue weighted by Gasteiger charge is -2.36. The normalized spacial score (nSPS) is 27.7. The molecule has 4 rings (SSSR count). The quantitative estimate of drug-likeness (QED) is 0.632. The summed E-state index contributed by atoms with van der Waals surface area (Å²) in [7, 11) is 0. The molecule has 0 bridgehead atoms. The van der Waals surface area contributed by atoms with E-state index < -0.39 is 5.54 Å². The first-order valence-corrected chi connectivity index (χ1v) is 12.9. The van der Waals surface area contributed by atoms with Gasteiger partial charge in [0.15, 0.2) is 5.96 Å². The van der Waals surface area contributed by atoms with Crippen LogP contribution in [0.1, 0.15) is 96.8 Å². The monoisotopic (exact) mass is 430 g/mol. The molecule has 1 atom stereocenters. The first-order valence-electron chi connectivity index (χ1n) is 12.9. The number of likely N-dealkylation sites (tertiary alicyclic amines) is 1. The second-order valence-corrected chi connectivity index (χ2v) is 10.8. The molecule has 0 spiro atoms. The van der Waals surface area contributed by atoms with Crippen LogP contribution < -0.4 is 5.32 Å². The van der Waals surface area contributed by atoms with E-state index in [1.54, 1.807) is 11.8 Å². The van der Waals surface area contributed by atoms with Crippen LogP contribution in [0.2, 0.25) is 0 Å². The Bertz CT molecular complexity index is 646. The Labute approximate surface area is 188 Å². The molecular weight excluding hydrogens is 388 g/mol. The zero-order valence-electron chi connectivity index (χ0n) is 19.5. The molecule has 31 heavy (non-hydrogen) atoms. The minimum atomic E-state index is -0.553. The largest absolute Gasteiger partial charge is 0.343 e. The van der Waals surface area contributed by atoms with Gasteiger partial charge < -0.3 is 10.2 Å².